The van der Waals surface area contributed by atoms with E-state index in [9.17, 15) is 14.7 Å². The molecule has 0 aliphatic carbocycles. The van der Waals surface area contributed by atoms with Crippen LogP contribution in [-0.2, 0) is 4.79 Å². The van der Waals surface area contributed by atoms with Gasteiger partial charge in [0.25, 0.3) is 5.91 Å². The molecule has 0 aliphatic rings. The van der Waals surface area contributed by atoms with Gasteiger partial charge < -0.3 is 29.1 Å². The van der Waals surface area contributed by atoms with E-state index in [0.29, 0.717) is 11.5 Å². The van der Waals surface area contributed by atoms with Gasteiger partial charge in [-0.05, 0) is 24.3 Å². The molecular formula is C17H17NO7. The SMILES string of the molecule is COc1cc(C(=O)N/C(=C/c2ccco2)C(=O)O)cc(OC)c1OC. The van der Waals surface area contributed by atoms with Crippen molar-refractivity contribution in [1.82, 2.24) is 5.32 Å². The number of methoxy groups -OCH3 is 3. The Morgan fingerprint density at radius 1 is 1.12 bits per heavy atom. The van der Waals surface area contributed by atoms with Crippen LogP contribution >= 0.6 is 0 Å². The Balaban J connectivity index is 2.34. The fourth-order valence-corrected chi connectivity index (χ4v) is 2.07. The first-order valence-electron chi connectivity index (χ1n) is 7.10. The number of amides is 1. The summed E-state index contributed by atoms with van der Waals surface area (Å²) in [5.41, 5.74) is -0.199. The molecule has 0 spiro atoms. The number of rotatable bonds is 7. The Morgan fingerprint density at radius 2 is 1.76 bits per heavy atom. The van der Waals surface area contributed by atoms with Gasteiger partial charge in [0, 0.05) is 11.6 Å². The molecule has 8 heteroatoms. The number of carboxylic acids is 1. The van der Waals surface area contributed by atoms with Gasteiger partial charge >= 0.3 is 5.97 Å². The standard InChI is InChI=1S/C17H17NO7/c1-22-13-7-10(8-14(23-2)15(13)24-3)16(19)18-12(17(20)21)9-11-5-4-6-25-11/h4-9H,1-3H3,(H,18,19)(H,20,21)/b12-9+. The average Bonchev–Trinajstić information content (AvgIpc) is 3.12. The van der Waals surface area contributed by atoms with Gasteiger partial charge in [-0.2, -0.15) is 0 Å². The smallest absolute Gasteiger partial charge is 0.352 e. The summed E-state index contributed by atoms with van der Waals surface area (Å²) in [7, 11) is 4.27. The van der Waals surface area contributed by atoms with Gasteiger partial charge in [-0.1, -0.05) is 0 Å². The number of carboxylic acid groups (broad SMARTS) is 1. The van der Waals surface area contributed by atoms with Gasteiger partial charge in [-0.15, -0.1) is 0 Å². The molecule has 2 aromatic rings. The predicted molar refractivity (Wildman–Crippen MR) is 87.9 cm³/mol. The number of ether oxygens (including phenoxy) is 3. The Morgan fingerprint density at radius 3 is 2.20 bits per heavy atom. The maximum atomic E-state index is 12.4. The lowest BCUT2D eigenvalue weighted by molar-refractivity contribution is -0.132. The highest BCUT2D eigenvalue weighted by Crippen LogP contribution is 2.38. The highest BCUT2D eigenvalue weighted by atomic mass is 16.5. The van der Waals surface area contributed by atoms with Crippen molar-refractivity contribution in [3.8, 4) is 17.2 Å². The van der Waals surface area contributed by atoms with Crippen LogP contribution in [0.25, 0.3) is 6.08 Å². The van der Waals surface area contributed by atoms with Crippen molar-refractivity contribution in [3.05, 3.63) is 47.5 Å². The van der Waals surface area contributed by atoms with Gasteiger partial charge in [-0.25, -0.2) is 4.79 Å². The van der Waals surface area contributed by atoms with Crippen molar-refractivity contribution in [3.63, 3.8) is 0 Å². The number of aliphatic carboxylic acids is 1. The molecule has 0 saturated heterocycles. The Labute approximate surface area is 143 Å². The lowest BCUT2D eigenvalue weighted by Gasteiger charge is -2.14. The van der Waals surface area contributed by atoms with Crippen LogP contribution in [-0.4, -0.2) is 38.3 Å². The van der Waals surface area contributed by atoms with Crippen LogP contribution in [0, 0.1) is 0 Å². The zero-order chi connectivity index (χ0) is 18.4. The molecule has 0 unspecified atom stereocenters. The van der Waals surface area contributed by atoms with E-state index in [1.807, 2.05) is 0 Å². The molecule has 1 aromatic heterocycles. The van der Waals surface area contributed by atoms with Crippen LogP contribution in [0.5, 0.6) is 17.2 Å². The Hall–Kier alpha value is -3.42. The highest BCUT2D eigenvalue weighted by molar-refractivity contribution is 6.03. The molecule has 0 bridgehead atoms. The van der Waals surface area contributed by atoms with Crippen molar-refractivity contribution in [2.24, 2.45) is 0 Å². The summed E-state index contributed by atoms with van der Waals surface area (Å²) in [5, 5.41) is 11.6. The molecule has 2 rings (SSSR count). The second-order valence-electron chi connectivity index (χ2n) is 4.75. The van der Waals surface area contributed by atoms with E-state index in [-0.39, 0.29) is 22.8 Å². The van der Waals surface area contributed by atoms with E-state index in [4.69, 9.17) is 18.6 Å². The summed E-state index contributed by atoms with van der Waals surface area (Å²) < 4.78 is 20.6. The number of benzene rings is 1. The third kappa shape index (κ3) is 4.11. The molecule has 0 saturated carbocycles. The number of nitrogens with one attached hydrogen (secondary N) is 1. The molecule has 1 amide bonds. The van der Waals surface area contributed by atoms with Crippen LogP contribution < -0.4 is 19.5 Å². The lowest BCUT2D eigenvalue weighted by atomic mass is 10.1. The monoisotopic (exact) mass is 347 g/mol. The zero-order valence-electron chi connectivity index (χ0n) is 13.9. The van der Waals surface area contributed by atoms with E-state index >= 15 is 0 Å². The first-order valence-corrected chi connectivity index (χ1v) is 7.10. The van der Waals surface area contributed by atoms with Crippen molar-refractivity contribution < 1.29 is 33.3 Å². The summed E-state index contributed by atoms with van der Waals surface area (Å²) in [4.78, 5) is 23.8. The number of carbonyl (C=O) groups is 2. The molecule has 0 radical (unpaired) electrons. The van der Waals surface area contributed by atoms with Gasteiger partial charge in [0.15, 0.2) is 11.5 Å². The van der Waals surface area contributed by atoms with Gasteiger partial charge in [0.2, 0.25) is 5.75 Å². The molecule has 2 N–H and O–H groups in total. The van der Waals surface area contributed by atoms with Crippen LogP contribution in [0.4, 0.5) is 0 Å². The summed E-state index contributed by atoms with van der Waals surface area (Å²) in [6, 6.07) is 6.01. The van der Waals surface area contributed by atoms with E-state index in [0.717, 1.165) is 0 Å². The molecule has 0 aliphatic heterocycles. The minimum absolute atomic E-state index is 0.140. The third-order valence-electron chi connectivity index (χ3n) is 3.24. The largest absolute Gasteiger partial charge is 0.493 e. The van der Waals surface area contributed by atoms with Crippen molar-refractivity contribution >= 4 is 18.0 Å². The average molecular weight is 347 g/mol. The van der Waals surface area contributed by atoms with Crippen LogP contribution in [0.1, 0.15) is 16.1 Å². The minimum atomic E-state index is -1.31. The third-order valence-corrected chi connectivity index (χ3v) is 3.24. The second-order valence-corrected chi connectivity index (χ2v) is 4.75. The van der Waals surface area contributed by atoms with Gasteiger partial charge in [-0.3, -0.25) is 4.79 Å². The summed E-state index contributed by atoms with van der Waals surface area (Å²) in [5.74, 6) is -0.789. The number of hydrogen-bond donors (Lipinski definition) is 2. The normalized spacial score (nSPS) is 10.9. The number of hydrogen-bond acceptors (Lipinski definition) is 6. The fourth-order valence-electron chi connectivity index (χ4n) is 2.07. The maximum absolute atomic E-state index is 12.4. The van der Waals surface area contributed by atoms with Crippen LogP contribution in [0.2, 0.25) is 0 Å². The molecule has 132 valence electrons. The zero-order valence-corrected chi connectivity index (χ0v) is 13.9. The summed E-state index contributed by atoms with van der Waals surface area (Å²) in [6.07, 6.45) is 2.60. The summed E-state index contributed by atoms with van der Waals surface area (Å²) in [6.45, 7) is 0. The topological polar surface area (TPSA) is 107 Å². The van der Waals surface area contributed by atoms with Crippen molar-refractivity contribution in [1.29, 1.82) is 0 Å². The molecule has 25 heavy (non-hydrogen) atoms. The highest BCUT2D eigenvalue weighted by Gasteiger charge is 2.19. The maximum Gasteiger partial charge on any atom is 0.352 e. The predicted octanol–water partition coefficient (Wildman–Crippen LogP) is 2.16. The van der Waals surface area contributed by atoms with Crippen LogP contribution in [0.3, 0.4) is 0 Å². The van der Waals surface area contributed by atoms with Gasteiger partial charge in [0.1, 0.15) is 11.5 Å². The fraction of sp³-hybridized carbons (Fsp3) is 0.176. The van der Waals surface area contributed by atoms with Crippen molar-refractivity contribution in [2.75, 3.05) is 21.3 Å². The quantitative estimate of drug-likeness (QED) is 0.739. The lowest BCUT2D eigenvalue weighted by Crippen LogP contribution is -2.27. The van der Waals surface area contributed by atoms with E-state index in [2.05, 4.69) is 5.32 Å². The summed E-state index contributed by atoms with van der Waals surface area (Å²) >= 11 is 0. The molecule has 0 fully saturated rings. The molecule has 1 aromatic carbocycles. The van der Waals surface area contributed by atoms with E-state index in [1.165, 1.54) is 45.8 Å². The molecular weight excluding hydrogens is 330 g/mol. The van der Waals surface area contributed by atoms with E-state index in [1.54, 1.807) is 12.1 Å². The molecule has 8 nitrogen and oxygen atoms in total. The Bertz CT molecular complexity index is 768. The van der Waals surface area contributed by atoms with Crippen molar-refractivity contribution in [2.45, 2.75) is 0 Å². The van der Waals surface area contributed by atoms with Crippen LogP contribution in [0.15, 0.2) is 40.6 Å². The second kappa shape index (κ2) is 7.91. The Kier molecular flexibility index (Phi) is 5.67. The number of furan rings is 1. The first-order chi connectivity index (χ1) is 12.0. The van der Waals surface area contributed by atoms with E-state index < -0.39 is 11.9 Å². The molecule has 1 heterocycles. The number of carbonyl (C=O) groups excluding carboxylic acids is 1. The minimum Gasteiger partial charge on any atom is -0.493 e. The molecule has 0 atom stereocenters. The van der Waals surface area contributed by atoms with Gasteiger partial charge in [0.05, 0.1) is 27.6 Å². The first kappa shape index (κ1) is 17.9.